The Morgan fingerprint density at radius 1 is 1.23 bits per heavy atom. The second-order valence-electron chi connectivity index (χ2n) is 6.19. The van der Waals surface area contributed by atoms with Crippen molar-refractivity contribution in [1.82, 2.24) is 14.9 Å². The smallest absolute Gasteiger partial charge is 0.0486 e. The van der Waals surface area contributed by atoms with Gasteiger partial charge in [0.1, 0.15) is 0 Å². The second-order valence-corrected chi connectivity index (χ2v) is 6.19. The Bertz CT molecular complexity index is 789. The van der Waals surface area contributed by atoms with E-state index in [1.807, 2.05) is 18.5 Å². The Hall–Kier alpha value is -2.13. The predicted octanol–water partition coefficient (Wildman–Crippen LogP) is 3.31. The van der Waals surface area contributed by atoms with Crippen molar-refractivity contribution in [3.05, 3.63) is 65.6 Å². The van der Waals surface area contributed by atoms with E-state index in [1.54, 1.807) is 0 Å². The maximum absolute atomic E-state index is 4.23. The molecule has 0 bridgehead atoms. The summed E-state index contributed by atoms with van der Waals surface area (Å²) in [5.74, 6) is 0. The van der Waals surface area contributed by atoms with Gasteiger partial charge in [-0.1, -0.05) is 24.3 Å². The van der Waals surface area contributed by atoms with Crippen LogP contribution in [0.1, 0.15) is 23.7 Å². The third-order valence-corrected chi connectivity index (χ3v) is 4.67. The fourth-order valence-corrected chi connectivity index (χ4v) is 3.54. The van der Waals surface area contributed by atoms with Crippen LogP contribution in [0.25, 0.3) is 10.9 Å². The molecule has 0 fully saturated rings. The molecule has 0 spiro atoms. The Morgan fingerprint density at radius 2 is 2.14 bits per heavy atom. The minimum Gasteiger partial charge on any atom is -0.344 e. The summed E-state index contributed by atoms with van der Waals surface area (Å²) in [4.78, 5) is 4.23. The van der Waals surface area contributed by atoms with E-state index in [1.165, 1.54) is 27.7 Å². The highest BCUT2D eigenvalue weighted by Crippen LogP contribution is 2.30. The van der Waals surface area contributed by atoms with Crippen LogP contribution in [0.5, 0.6) is 0 Å². The molecule has 0 saturated carbocycles. The lowest BCUT2D eigenvalue weighted by molar-refractivity contribution is 0.492. The maximum Gasteiger partial charge on any atom is 0.0486 e. The van der Waals surface area contributed by atoms with Crippen LogP contribution in [0.2, 0.25) is 0 Å². The van der Waals surface area contributed by atoms with Gasteiger partial charge in [-0.25, -0.2) is 0 Å². The molecular formula is C19H21N3. The molecule has 1 aliphatic rings. The van der Waals surface area contributed by atoms with Gasteiger partial charge in [0, 0.05) is 54.5 Å². The minimum atomic E-state index is 0.550. The number of aryl methyl sites for hydroxylation is 2. The highest BCUT2D eigenvalue weighted by molar-refractivity contribution is 5.85. The highest BCUT2D eigenvalue weighted by atomic mass is 15.0. The normalized spacial score (nSPS) is 17.6. The molecule has 3 heteroatoms. The van der Waals surface area contributed by atoms with E-state index < -0.39 is 0 Å². The van der Waals surface area contributed by atoms with Crippen LogP contribution >= 0.6 is 0 Å². The summed E-state index contributed by atoms with van der Waals surface area (Å²) in [6, 6.07) is 13.5. The van der Waals surface area contributed by atoms with Crippen LogP contribution in [-0.4, -0.2) is 15.6 Å². The van der Waals surface area contributed by atoms with Crippen molar-refractivity contribution in [2.45, 2.75) is 38.9 Å². The summed E-state index contributed by atoms with van der Waals surface area (Å²) in [5, 5.41) is 5.00. The maximum atomic E-state index is 4.23. The van der Waals surface area contributed by atoms with E-state index in [0.717, 1.165) is 25.9 Å². The summed E-state index contributed by atoms with van der Waals surface area (Å²) >= 11 is 0. The van der Waals surface area contributed by atoms with E-state index >= 15 is 0 Å². The lowest BCUT2D eigenvalue weighted by Crippen LogP contribution is -2.33. The molecule has 4 rings (SSSR count). The van der Waals surface area contributed by atoms with Gasteiger partial charge in [-0.15, -0.1) is 0 Å². The van der Waals surface area contributed by atoms with E-state index in [0.29, 0.717) is 6.04 Å². The number of hydrogen-bond acceptors (Lipinski definition) is 2. The quantitative estimate of drug-likeness (QED) is 0.802. The first-order valence-corrected chi connectivity index (χ1v) is 8.04. The van der Waals surface area contributed by atoms with Gasteiger partial charge in [0.05, 0.1) is 0 Å². The molecule has 3 heterocycles. The summed E-state index contributed by atoms with van der Waals surface area (Å²) < 4.78 is 2.52. The molecule has 3 nitrogen and oxygen atoms in total. The number of nitrogens with zero attached hydrogens (tertiary/aromatic N) is 2. The fourth-order valence-electron chi connectivity index (χ4n) is 3.54. The number of fused-ring (bicyclic) bond motifs is 3. The van der Waals surface area contributed by atoms with Crippen molar-refractivity contribution < 1.29 is 0 Å². The van der Waals surface area contributed by atoms with Crippen LogP contribution in [-0.2, 0) is 25.9 Å². The van der Waals surface area contributed by atoms with Crippen molar-refractivity contribution in [2.75, 3.05) is 0 Å². The van der Waals surface area contributed by atoms with Gasteiger partial charge in [0.15, 0.2) is 0 Å². The van der Waals surface area contributed by atoms with Gasteiger partial charge in [-0.05, 0) is 36.6 Å². The number of benzene rings is 1. The molecule has 0 aliphatic carbocycles. The number of aromatic nitrogens is 2. The topological polar surface area (TPSA) is 29.9 Å². The third kappa shape index (κ3) is 2.32. The standard InChI is InChI=1S/C19H21N3/c1-14-11-19-17(13-21-14)16-6-2-3-7-18(16)22(19)10-8-15-5-4-9-20-12-15/h2-7,9,12,14,21H,8,10-11,13H2,1H3. The molecule has 2 aromatic heterocycles. The largest absolute Gasteiger partial charge is 0.344 e. The summed E-state index contributed by atoms with van der Waals surface area (Å²) in [6.45, 7) is 4.28. The zero-order valence-electron chi connectivity index (χ0n) is 12.9. The number of rotatable bonds is 3. The summed E-state index contributed by atoms with van der Waals surface area (Å²) in [6.07, 6.45) is 5.95. The van der Waals surface area contributed by atoms with Gasteiger partial charge in [0.2, 0.25) is 0 Å². The Kier molecular flexibility index (Phi) is 3.43. The van der Waals surface area contributed by atoms with Crippen LogP contribution < -0.4 is 5.32 Å². The summed E-state index contributed by atoms with van der Waals surface area (Å²) in [7, 11) is 0. The number of hydrogen-bond donors (Lipinski definition) is 1. The molecule has 112 valence electrons. The van der Waals surface area contributed by atoms with Gasteiger partial charge < -0.3 is 9.88 Å². The molecule has 0 radical (unpaired) electrons. The van der Waals surface area contributed by atoms with Crippen LogP contribution in [0.3, 0.4) is 0 Å². The molecule has 1 N–H and O–H groups in total. The summed E-state index contributed by atoms with van der Waals surface area (Å²) in [5.41, 5.74) is 5.67. The average molecular weight is 291 g/mol. The third-order valence-electron chi connectivity index (χ3n) is 4.67. The van der Waals surface area contributed by atoms with E-state index in [9.17, 15) is 0 Å². The molecule has 1 aromatic carbocycles. The molecule has 0 amide bonds. The van der Waals surface area contributed by atoms with Crippen molar-refractivity contribution in [3.8, 4) is 0 Å². The number of pyridine rings is 1. The highest BCUT2D eigenvalue weighted by Gasteiger charge is 2.22. The molecule has 22 heavy (non-hydrogen) atoms. The molecule has 0 saturated heterocycles. The minimum absolute atomic E-state index is 0.550. The monoisotopic (exact) mass is 291 g/mol. The van der Waals surface area contributed by atoms with Crippen molar-refractivity contribution in [3.63, 3.8) is 0 Å². The Morgan fingerprint density at radius 3 is 3.00 bits per heavy atom. The molecule has 1 unspecified atom stereocenters. The lowest BCUT2D eigenvalue weighted by Gasteiger charge is -2.23. The van der Waals surface area contributed by atoms with Gasteiger partial charge in [-0.2, -0.15) is 0 Å². The fraction of sp³-hybridized carbons (Fsp3) is 0.316. The lowest BCUT2D eigenvalue weighted by atomic mass is 10.0. The van der Waals surface area contributed by atoms with Gasteiger partial charge >= 0.3 is 0 Å². The first-order valence-electron chi connectivity index (χ1n) is 8.04. The number of para-hydroxylation sites is 1. The first kappa shape index (κ1) is 13.5. The second kappa shape index (κ2) is 5.58. The zero-order chi connectivity index (χ0) is 14.9. The van der Waals surface area contributed by atoms with Crippen molar-refractivity contribution in [1.29, 1.82) is 0 Å². The van der Waals surface area contributed by atoms with Crippen molar-refractivity contribution >= 4 is 10.9 Å². The molecule has 3 aromatic rings. The Labute approximate surface area is 131 Å². The van der Waals surface area contributed by atoms with Crippen LogP contribution in [0.15, 0.2) is 48.8 Å². The van der Waals surface area contributed by atoms with Crippen molar-refractivity contribution in [2.24, 2.45) is 0 Å². The molecular weight excluding hydrogens is 270 g/mol. The Balaban J connectivity index is 1.74. The SMILES string of the molecule is CC1Cc2c(c3ccccc3n2CCc2cccnc2)CN1. The van der Waals surface area contributed by atoms with E-state index in [2.05, 4.69) is 52.1 Å². The van der Waals surface area contributed by atoms with Gasteiger partial charge in [-0.3, -0.25) is 4.98 Å². The van der Waals surface area contributed by atoms with Crippen LogP contribution in [0, 0.1) is 0 Å². The average Bonchev–Trinajstić information content (AvgIpc) is 2.87. The molecule has 1 aliphatic heterocycles. The predicted molar refractivity (Wildman–Crippen MR) is 89.9 cm³/mol. The van der Waals surface area contributed by atoms with E-state index in [4.69, 9.17) is 0 Å². The first-order chi connectivity index (χ1) is 10.8. The number of nitrogens with one attached hydrogen (secondary N) is 1. The van der Waals surface area contributed by atoms with Gasteiger partial charge in [0.25, 0.3) is 0 Å². The van der Waals surface area contributed by atoms with Crippen LogP contribution in [0.4, 0.5) is 0 Å². The molecule has 1 atom stereocenters. The van der Waals surface area contributed by atoms with E-state index in [-0.39, 0.29) is 0 Å². The zero-order valence-corrected chi connectivity index (χ0v) is 12.9.